The van der Waals surface area contributed by atoms with Crippen LogP contribution < -0.4 is 0 Å². The summed E-state index contributed by atoms with van der Waals surface area (Å²) >= 11 is 5.85. The Hall–Kier alpha value is -1.11. The van der Waals surface area contributed by atoms with Crippen LogP contribution in [0.2, 0.25) is 0 Å². The van der Waals surface area contributed by atoms with Crippen molar-refractivity contribution in [2.24, 2.45) is 4.40 Å². The average molecular weight is 315 g/mol. The maximum absolute atomic E-state index is 12.1. The highest BCUT2D eigenvalue weighted by Crippen LogP contribution is 2.29. The molecule has 108 valence electrons. The first kappa shape index (κ1) is 13.9. The number of morpholine rings is 1. The molecule has 0 bridgehead atoms. The minimum absolute atomic E-state index is 0.0644. The Morgan fingerprint density at radius 3 is 2.95 bits per heavy atom. The van der Waals surface area contributed by atoms with Crippen LogP contribution in [-0.4, -0.2) is 50.3 Å². The molecule has 0 radical (unpaired) electrons. The Balaban J connectivity index is 2.02. The Labute approximate surface area is 123 Å². The molecule has 0 aromatic heterocycles. The molecule has 2 aliphatic rings. The van der Waals surface area contributed by atoms with Crippen LogP contribution in [0.15, 0.2) is 33.6 Å². The lowest BCUT2D eigenvalue weighted by atomic mass is 10.1. The van der Waals surface area contributed by atoms with Crippen LogP contribution in [0.4, 0.5) is 0 Å². The van der Waals surface area contributed by atoms with Gasteiger partial charge in [-0.3, -0.25) is 0 Å². The molecule has 1 aromatic rings. The molecule has 1 fully saturated rings. The second-order valence-electron chi connectivity index (χ2n) is 5.00. The summed E-state index contributed by atoms with van der Waals surface area (Å²) in [7, 11) is -3.58. The summed E-state index contributed by atoms with van der Waals surface area (Å²) in [5.41, 5.74) is 0.662. The van der Waals surface area contributed by atoms with E-state index in [9.17, 15) is 8.42 Å². The average Bonchev–Trinajstić information content (AvgIpc) is 2.72. The third kappa shape index (κ3) is 2.21. The Kier molecular flexibility index (Phi) is 3.48. The van der Waals surface area contributed by atoms with Crippen molar-refractivity contribution in [3.05, 3.63) is 29.8 Å². The van der Waals surface area contributed by atoms with Crippen LogP contribution in [0, 0.1) is 0 Å². The summed E-state index contributed by atoms with van der Waals surface area (Å²) in [6.07, 6.45) is -0.106. The zero-order valence-corrected chi connectivity index (χ0v) is 12.6. The van der Waals surface area contributed by atoms with Crippen molar-refractivity contribution in [2.45, 2.75) is 24.0 Å². The number of rotatable bonds is 1. The highest BCUT2D eigenvalue weighted by molar-refractivity contribution is 7.90. The van der Waals surface area contributed by atoms with Gasteiger partial charge >= 0.3 is 0 Å². The topological polar surface area (TPSA) is 59.0 Å². The Morgan fingerprint density at radius 2 is 2.20 bits per heavy atom. The van der Waals surface area contributed by atoms with Gasteiger partial charge < -0.3 is 9.64 Å². The van der Waals surface area contributed by atoms with E-state index in [1.807, 2.05) is 17.9 Å². The monoisotopic (exact) mass is 314 g/mol. The van der Waals surface area contributed by atoms with E-state index in [1.165, 1.54) is 0 Å². The number of benzene rings is 1. The summed E-state index contributed by atoms with van der Waals surface area (Å²) in [4.78, 5) is 2.25. The number of halogens is 1. The number of nitrogens with zero attached hydrogens (tertiary/aromatic N) is 2. The lowest BCUT2D eigenvalue weighted by Gasteiger charge is -2.38. The predicted molar refractivity (Wildman–Crippen MR) is 76.8 cm³/mol. The quantitative estimate of drug-likeness (QED) is 0.736. The molecule has 0 spiro atoms. The van der Waals surface area contributed by atoms with Gasteiger partial charge in [-0.15, -0.1) is 16.0 Å². The van der Waals surface area contributed by atoms with Crippen molar-refractivity contribution in [2.75, 3.05) is 19.0 Å². The molecule has 5 nitrogen and oxygen atoms in total. The second kappa shape index (κ2) is 5.02. The van der Waals surface area contributed by atoms with Crippen LogP contribution >= 0.6 is 11.6 Å². The van der Waals surface area contributed by atoms with Crippen molar-refractivity contribution in [1.82, 2.24) is 4.90 Å². The second-order valence-corrected chi connectivity index (χ2v) is 6.88. The van der Waals surface area contributed by atoms with Gasteiger partial charge in [0.1, 0.15) is 4.90 Å². The smallest absolute Gasteiger partial charge is 0.285 e. The number of ether oxygens (including phenoxy) is 1. The van der Waals surface area contributed by atoms with E-state index in [4.69, 9.17) is 16.3 Å². The van der Waals surface area contributed by atoms with E-state index in [0.29, 0.717) is 30.4 Å². The van der Waals surface area contributed by atoms with Gasteiger partial charge in [-0.1, -0.05) is 12.1 Å². The third-order valence-electron chi connectivity index (χ3n) is 3.56. The molecule has 0 amide bonds. The zero-order valence-electron chi connectivity index (χ0n) is 11.0. The van der Waals surface area contributed by atoms with Gasteiger partial charge in [0, 0.05) is 12.1 Å². The number of amidine groups is 1. The number of alkyl halides is 1. The Bertz CT molecular complexity index is 659. The zero-order chi connectivity index (χ0) is 14.3. The van der Waals surface area contributed by atoms with Crippen molar-refractivity contribution in [3.63, 3.8) is 0 Å². The Morgan fingerprint density at radius 1 is 1.45 bits per heavy atom. The van der Waals surface area contributed by atoms with Gasteiger partial charge in [0.05, 0.1) is 24.6 Å². The third-order valence-corrected chi connectivity index (χ3v) is 5.23. The van der Waals surface area contributed by atoms with Gasteiger partial charge in [0.25, 0.3) is 10.0 Å². The van der Waals surface area contributed by atoms with Gasteiger partial charge in [-0.05, 0) is 19.1 Å². The summed E-state index contributed by atoms with van der Waals surface area (Å²) in [5.74, 6) is 0.886. The number of hydrogen-bond acceptors (Lipinski definition) is 4. The minimum Gasteiger partial charge on any atom is -0.373 e. The molecule has 2 aliphatic heterocycles. The molecule has 7 heteroatoms. The van der Waals surface area contributed by atoms with Gasteiger partial charge in [-0.2, -0.15) is 8.42 Å². The number of fused-ring (bicyclic) bond motifs is 1. The first-order valence-electron chi connectivity index (χ1n) is 6.41. The highest BCUT2D eigenvalue weighted by Gasteiger charge is 2.36. The van der Waals surface area contributed by atoms with E-state index in [-0.39, 0.29) is 17.0 Å². The molecule has 0 saturated carbocycles. The highest BCUT2D eigenvalue weighted by atomic mass is 35.5. The van der Waals surface area contributed by atoms with Crippen molar-refractivity contribution in [1.29, 1.82) is 0 Å². The molecular formula is C13H15ClN2O3S. The van der Waals surface area contributed by atoms with E-state index >= 15 is 0 Å². The summed E-state index contributed by atoms with van der Waals surface area (Å²) < 4.78 is 33.7. The van der Waals surface area contributed by atoms with Crippen molar-refractivity contribution in [3.8, 4) is 0 Å². The van der Waals surface area contributed by atoms with Crippen LogP contribution in [0.3, 0.4) is 0 Å². The summed E-state index contributed by atoms with van der Waals surface area (Å²) in [6.45, 7) is 3.05. The molecule has 3 rings (SSSR count). The van der Waals surface area contributed by atoms with Gasteiger partial charge in [0.15, 0.2) is 5.84 Å². The molecule has 20 heavy (non-hydrogen) atoms. The standard InChI is InChI=1S/C13H15ClN2O3S/c1-9-8-19-10(6-14)7-16(9)13-11-4-2-3-5-12(11)20(17,18)15-13/h2-5,9-10H,6-8H2,1H3. The number of sulfonamides is 1. The molecule has 2 heterocycles. The maximum Gasteiger partial charge on any atom is 0.285 e. The van der Waals surface area contributed by atoms with E-state index in [0.717, 1.165) is 0 Å². The first-order chi connectivity index (χ1) is 9.53. The van der Waals surface area contributed by atoms with Crippen LogP contribution in [-0.2, 0) is 14.8 Å². The van der Waals surface area contributed by atoms with Crippen LogP contribution in [0.25, 0.3) is 0 Å². The SMILES string of the molecule is CC1COC(CCl)CN1C1=NS(=O)(=O)c2ccccc21. The predicted octanol–water partition coefficient (Wildman–Crippen LogP) is 1.46. The van der Waals surface area contributed by atoms with Crippen molar-refractivity contribution >= 4 is 27.5 Å². The van der Waals surface area contributed by atoms with Gasteiger partial charge in [-0.25, -0.2) is 0 Å². The van der Waals surface area contributed by atoms with E-state index in [2.05, 4.69) is 4.40 Å². The van der Waals surface area contributed by atoms with Gasteiger partial charge in [0.2, 0.25) is 0 Å². The van der Waals surface area contributed by atoms with Crippen LogP contribution in [0.5, 0.6) is 0 Å². The van der Waals surface area contributed by atoms with Crippen LogP contribution in [0.1, 0.15) is 12.5 Å². The minimum atomic E-state index is -3.58. The summed E-state index contributed by atoms with van der Waals surface area (Å²) in [5, 5.41) is 0. The maximum atomic E-state index is 12.1. The van der Waals surface area contributed by atoms with Crippen molar-refractivity contribution < 1.29 is 13.2 Å². The lowest BCUT2D eigenvalue weighted by molar-refractivity contribution is -0.0201. The number of hydrogen-bond donors (Lipinski definition) is 0. The molecule has 1 aromatic carbocycles. The molecule has 1 saturated heterocycles. The molecular weight excluding hydrogens is 300 g/mol. The fraction of sp³-hybridized carbons (Fsp3) is 0.462. The normalized spacial score (nSPS) is 28.1. The molecule has 2 atom stereocenters. The fourth-order valence-electron chi connectivity index (χ4n) is 2.50. The van der Waals surface area contributed by atoms with E-state index < -0.39 is 10.0 Å². The first-order valence-corrected chi connectivity index (χ1v) is 8.39. The molecule has 0 N–H and O–H groups in total. The fourth-order valence-corrected chi connectivity index (χ4v) is 3.91. The molecule has 0 aliphatic carbocycles. The molecule has 2 unspecified atom stereocenters. The lowest BCUT2D eigenvalue weighted by Crippen LogP contribution is -2.51. The van der Waals surface area contributed by atoms with E-state index in [1.54, 1.807) is 18.2 Å². The summed E-state index contributed by atoms with van der Waals surface area (Å²) in [6, 6.07) is 6.97. The largest absolute Gasteiger partial charge is 0.373 e.